The maximum absolute atomic E-state index is 4.73. The van der Waals surface area contributed by atoms with Crippen molar-refractivity contribution >= 4 is 21.7 Å². The summed E-state index contributed by atoms with van der Waals surface area (Å²) in [6.45, 7) is 6.37. The Balaban J connectivity index is 2.65. The fourth-order valence-electron chi connectivity index (χ4n) is 2.06. The maximum Gasteiger partial charge on any atom is 0.162 e. The van der Waals surface area contributed by atoms with Crippen molar-refractivity contribution in [1.29, 1.82) is 0 Å². The smallest absolute Gasteiger partial charge is 0.162 e. The van der Waals surface area contributed by atoms with Crippen molar-refractivity contribution in [2.75, 3.05) is 12.4 Å². The summed E-state index contributed by atoms with van der Waals surface area (Å²) in [6.07, 6.45) is 4.58. The first-order valence-corrected chi connectivity index (χ1v) is 7.56. The molecule has 2 aromatic heterocycles. The second-order valence-corrected chi connectivity index (χ2v) is 5.68. The lowest BCUT2D eigenvalue weighted by Gasteiger charge is -2.14. The van der Waals surface area contributed by atoms with Crippen molar-refractivity contribution in [2.24, 2.45) is 0 Å². The Bertz CT molecular complexity index is 611. The van der Waals surface area contributed by atoms with Gasteiger partial charge in [-0.3, -0.25) is 4.98 Å². The van der Waals surface area contributed by atoms with Gasteiger partial charge in [-0.2, -0.15) is 0 Å². The molecule has 0 bridgehead atoms. The van der Waals surface area contributed by atoms with Crippen molar-refractivity contribution in [3.63, 3.8) is 0 Å². The second kappa shape index (κ2) is 6.31. The first-order chi connectivity index (χ1) is 9.58. The molecule has 2 aromatic rings. The van der Waals surface area contributed by atoms with E-state index in [1.165, 1.54) is 0 Å². The monoisotopic (exact) mass is 334 g/mol. The molecule has 0 aliphatic rings. The number of nitrogens with zero attached hydrogens (tertiary/aromatic N) is 3. The van der Waals surface area contributed by atoms with E-state index in [1.54, 1.807) is 6.20 Å². The molecule has 1 N–H and O–H groups in total. The van der Waals surface area contributed by atoms with Crippen LogP contribution in [0.3, 0.4) is 0 Å². The van der Waals surface area contributed by atoms with Crippen LogP contribution in [0, 0.1) is 0 Å². The first kappa shape index (κ1) is 14.9. The fourth-order valence-corrected chi connectivity index (χ4v) is 2.89. The zero-order chi connectivity index (χ0) is 14.7. The third-order valence-electron chi connectivity index (χ3n) is 3.19. The number of halogens is 1. The largest absolute Gasteiger partial charge is 0.372 e. The standard InChI is InChI=1S/C15H19BrN4/c1-5-10-8-18-7-6-11(10)14-19-13(9(2)3)12(16)15(17-4)20-14/h6-9H,5H2,1-4H3,(H,17,19,20). The van der Waals surface area contributed by atoms with Crippen LogP contribution in [0.1, 0.15) is 37.9 Å². The van der Waals surface area contributed by atoms with Gasteiger partial charge in [-0.25, -0.2) is 9.97 Å². The Hall–Kier alpha value is -1.49. The summed E-state index contributed by atoms with van der Waals surface area (Å²) in [5.41, 5.74) is 3.22. The summed E-state index contributed by atoms with van der Waals surface area (Å²) in [7, 11) is 1.87. The van der Waals surface area contributed by atoms with Crippen LogP contribution < -0.4 is 5.32 Å². The first-order valence-electron chi connectivity index (χ1n) is 6.76. The quantitative estimate of drug-likeness (QED) is 0.917. The normalized spacial score (nSPS) is 10.9. The minimum atomic E-state index is 0.324. The van der Waals surface area contributed by atoms with Crippen molar-refractivity contribution in [2.45, 2.75) is 33.1 Å². The van der Waals surface area contributed by atoms with Gasteiger partial charge in [0.2, 0.25) is 0 Å². The molecule has 0 unspecified atom stereocenters. The average Bonchev–Trinajstić information content (AvgIpc) is 2.47. The van der Waals surface area contributed by atoms with Crippen LogP contribution in [0.4, 0.5) is 5.82 Å². The predicted octanol–water partition coefficient (Wildman–Crippen LogP) is 4.03. The van der Waals surface area contributed by atoms with Gasteiger partial charge < -0.3 is 5.32 Å². The van der Waals surface area contributed by atoms with Crippen LogP contribution in [-0.2, 0) is 6.42 Å². The summed E-state index contributed by atoms with van der Waals surface area (Å²) >= 11 is 3.58. The van der Waals surface area contributed by atoms with Gasteiger partial charge in [0.15, 0.2) is 5.82 Å². The fraction of sp³-hybridized carbons (Fsp3) is 0.400. The van der Waals surface area contributed by atoms with Crippen LogP contribution in [-0.4, -0.2) is 22.0 Å². The molecular weight excluding hydrogens is 316 g/mol. The molecule has 0 aliphatic heterocycles. The second-order valence-electron chi connectivity index (χ2n) is 4.89. The molecule has 0 spiro atoms. The molecule has 4 nitrogen and oxygen atoms in total. The highest BCUT2D eigenvalue weighted by Gasteiger charge is 2.16. The molecule has 0 aromatic carbocycles. The van der Waals surface area contributed by atoms with Gasteiger partial charge >= 0.3 is 0 Å². The average molecular weight is 335 g/mol. The highest BCUT2D eigenvalue weighted by molar-refractivity contribution is 9.10. The number of pyridine rings is 1. The summed E-state index contributed by atoms with van der Waals surface area (Å²) < 4.78 is 0.936. The predicted molar refractivity (Wildman–Crippen MR) is 86.0 cm³/mol. The third-order valence-corrected chi connectivity index (χ3v) is 3.97. The number of aromatic nitrogens is 3. The van der Waals surface area contributed by atoms with E-state index in [1.807, 2.05) is 19.3 Å². The Morgan fingerprint density at radius 1 is 1.30 bits per heavy atom. The summed E-state index contributed by atoms with van der Waals surface area (Å²) in [5, 5.41) is 3.12. The molecule has 0 amide bonds. The number of hydrogen-bond acceptors (Lipinski definition) is 4. The van der Waals surface area contributed by atoms with Gasteiger partial charge in [0.1, 0.15) is 5.82 Å². The summed E-state index contributed by atoms with van der Waals surface area (Å²) in [6, 6.07) is 1.98. The van der Waals surface area contributed by atoms with E-state index in [0.29, 0.717) is 5.92 Å². The molecule has 0 atom stereocenters. The lowest BCUT2D eigenvalue weighted by atomic mass is 10.1. The van der Waals surface area contributed by atoms with Crippen molar-refractivity contribution < 1.29 is 0 Å². The summed E-state index contributed by atoms with van der Waals surface area (Å²) in [4.78, 5) is 13.5. The van der Waals surface area contributed by atoms with Crippen molar-refractivity contribution in [1.82, 2.24) is 15.0 Å². The molecule has 5 heteroatoms. The molecule has 0 saturated carbocycles. The molecule has 2 heterocycles. The third kappa shape index (κ3) is 2.82. The van der Waals surface area contributed by atoms with E-state index in [9.17, 15) is 0 Å². The molecule has 0 fully saturated rings. The molecule has 106 valence electrons. The van der Waals surface area contributed by atoms with Gasteiger partial charge in [-0.05, 0) is 39.9 Å². The molecular formula is C15H19BrN4. The molecule has 0 saturated heterocycles. The molecule has 0 radical (unpaired) electrons. The Morgan fingerprint density at radius 3 is 2.65 bits per heavy atom. The maximum atomic E-state index is 4.73. The van der Waals surface area contributed by atoms with Crippen LogP contribution in [0.15, 0.2) is 22.9 Å². The number of nitrogens with one attached hydrogen (secondary N) is 1. The van der Waals surface area contributed by atoms with Crippen molar-refractivity contribution in [3.05, 3.63) is 34.2 Å². The number of hydrogen-bond donors (Lipinski definition) is 1. The molecule has 2 rings (SSSR count). The number of anilines is 1. The van der Waals surface area contributed by atoms with E-state index in [4.69, 9.17) is 4.98 Å². The van der Waals surface area contributed by atoms with E-state index in [-0.39, 0.29) is 0 Å². The minimum absolute atomic E-state index is 0.324. The van der Waals surface area contributed by atoms with Crippen molar-refractivity contribution in [3.8, 4) is 11.4 Å². The lowest BCUT2D eigenvalue weighted by Crippen LogP contribution is -2.05. The van der Waals surface area contributed by atoms with Crippen LogP contribution in [0.5, 0.6) is 0 Å². The van der Waals surface area contributed by atoms with Crippen LogP contribution in [0.25, 0.3) is 11.4 Å². The minimum Gasteiger partial charge on any atom is -0.372 e. The molecule has 20 heavy (non-hydrogen) atoms. The van der Waals surface area contributed by atoms with Gasteiger partial charge in [0.25, 0.3) is 0 Å². The van der Waals surface area contributed by atoms with Gasteiger partial charge in [-0.1, -0.05) is 20.8 Å². The van der Waals surface area contributed by atoms with Gasteiger partial charge in [0.05, 0.1) is 10.2 Å². The highest BCUT2D eigenvalue weighted by atomic mass is 79.9. The highest BCUT2D eigenvalue weighted by Crippen LogP contribution is 2.31. The lowest BCUT2D eigenvalue weighted by molar-refractivity contribution is 0.809. The van der Waals surface area contributed by atoms with E-state index < -0.39 is 0 Å². The Labute approximate surface area is 128 Å². The SMILES string of the molecule is CCc1cnccc1-c1nc(NC)c(Br)c(C(C)C)n1. The van der Waals surface area contributed by atoms with Crippen LogP contribution in [0.2, 0.25) is 0 Å². The van der Waals surface area contributed by atoms with E-state index >= 15 is 0 Å². The van der Waals surface area contributed by atoms with Crippen LogP contribution >= 0.6 is 15.9 Å². The van der Waals surface area contributed by atoms with E-state index in [2.05, 4.69) is 52.0 Å². The number of rotatable bonds is 4. The topological polar surface area (TPSA) is 50.7 Å². The Kier molecular flexibility index (Phi) is 4.70. The molecule has 0 aliphatic carbocycles. The zero-order valence-electron chi connectivity index (χ0n) is 12.2. The van der Waals surface area contributed by atoms with Gasteiger partial charge in [-0.15, -0.1) is 0 Å². The van der Waals surface area contributed by atoms with Gasteiger partial charge in [0, 0.05) is 25.0 Å². The zero-order valence-corrected chi connectivity index (χ0v) is 13.8. The van der Waals surface area contributed by atoms with E-state index in [0.717, 1.165) is 39.4 Å². The summed E-state index contributed by atoms with van der Waals surface area (Å²) in [5.74, 6) is 1.89. The number of aryl methyl sites for hydroxylation is 1. The Morgan fingerprint density at radius 2 is 2.05 bits per heavy atom.